The van der Waals surface area contributed by atoms with Crippen molar-refractivity contribution < 1.29 is 4.74 Å². The van der Waals surface area contributed by atoms with E-state index in [1.165, 1.54) is 16.9 Å². The van der Waals surface area contributed by atoms with Gasteiger partial charge in [-0.1, -0.05) is 18.2 Å². The summed E-state index contributed by atoms with van der Waals surface area (Å²) in [7, 11) is 0. The average molecular weight is 492 g/mol. The van der Waals surface area contributed by atoms with E-state index in [9.17, 15) is 10.1 Å². The molecule has 1 aliphatic carbocycles. The van der Waals surface area contributed by atoms with Crippen molar-refractivity contribution in [2.45, 2.75) is 32.3 Å². The first-order chi connectivity index (χ1) is 15.1. The van der Waals surface area contributed by atoms with Crippen LogP contribution in [0.1, 0.15) is 34.4 Å². The van der Waals surface area contributed by atoms with Gasteiger partial charge in [-0.2, -0.15) is 5.26 Å². The lowest BCUT2D eigenvalue weighted by molar-refractivity contribution is 0.304. The quantitative estimate of drug-likeness (QED) is 0.394. The summed E-state index contributed by atoms with van der Waals surface area (Å²) >= 11 is 5.21. The Morgan fingerprint density at radius 2 is 2.03 bits per heavy atom. The third kappa shape index (κ3) is 3.78. The molecule has 0 atom stereocenters. The molecule has 0 fully saturated rings. The van der Waals surface area contributed by atoms with Crippen molar-refractivity contribution in [1.82, 2.24) is 9.97 Å². The molecule has 7 heteroatoms. The molecule has 0 aliphatic heterocycles. The van der Waals surface area contributed by atoms with Crippen LogP contribution < -0.4 is 10.3 Å². The second kappa shape index (κ2) is 8.29. The first-order valence-electron chi connectivity index (χ1n) is 10.1. The fourth-order valence-corrected chi connectivity index (χ4v) is 5.73. The minimum absolute atomic E-state index is 0.0658. The monoisotopic (exact) mass is 491 g/mol. The zero-order valence-electron chi connectivity index (χ0n) is 16.6. The molecular weight excluding hydrogens is 474 g/mol. The summed E-state index contributed by atoms with van der Waals surface area (Å²) in [5.74, 6) is 1.21. The number of nitrogens with zero attached hydrogens (tertiary/aromatic N) is 2. The molecule has 2 heterocycles. The van der Waals surface area contributed by atoms with Crippen LogP contribution >= 0.6 is 27.3 Å². The second-order valence-electron chi connectivity index (χ2n) is 7.51. The standard InChI is InChI=1S/C24H18BrN3O2S/c25-18-11-14(9-10-19(18)30-13-16-6-2-1-5-15(16)12-26)22-27-23(29)21-17-7-3-4-8-20(17)31-24(21)28-22/h1-2,5-6,9-11H,3-4,7-8,13H2,(H,27,28,29). The van der Waals surface area contributed by atoms with Crippen LogP contribution in [-0.2, 0) is 19.4 Å². The molecule has 0 radical (unpaired) electrons. The number of thiophene rings is 1. The van der Waals surface area contributed by atoms with Gasteiger partial charge in [-0.3, -0.25) is 4.79 Å². The van der Waals surface area contributed by atoms with E-state index >= 15 is 0 Å². The number of nitrogens with one attached hydrogen (secondary N) is 1. The van der Waals surface area contributed by atoms with Gasteiger partial charge in [-0.25, -0.2) is 4.98 Å². The Hall–Kier alpha value is -2.95. The predicted octanol–water partition coefficient (Wildman–Crippen LogP) is 5.74. The molecule has 0 unspecified atom stereocenters. The van der Waals surface area contributed by atoms with Gasteiger partial charge >= 0.3 is 0 Å². The molecule has 5 rings (SSSR count). The van der Waals surface area contributed by atoms with Gasteiger partial charge in [0.2, 0.25) is 0 Å². The lowest BCUT2D eigenvalue weighted by atomic mass is 9.97. The molecule has 1 N–H and O–H groups in total. The Bertz CT molecular complexity index is 1400. The lowest BCUT2D eigenvalue weighted by Gasteiger charge is -2.11. The number of ether oxygens (including phenoxy) is 1. The first kappa shape index (κ1) is 20.0. The lowest BCUT2D eigenvalue weighted by Crippen LogP contribution is -2.11. The van der Waals surface area contributed by atoms with Crippen molar-refractivity contribution in [2.24, 2.45) is 0 Å². The summed E-state index contributed by atoms with van der Waals surface area (Å²) in [5, 5.41) is 10.00. The number of nitriles is 1. The van der Waals surface area contributed by atoms with Crippen LogP contribution in [0, 0.1) is 11.3 Å². The van der Waals surface area contributed by atoms with Crippen molar-refractivity contribution >= 4 is 37.5 Å². The maximum absolute atomic E-state index is 12.8. The van der Waals surface area contributed by atoms with Gasteiger partial charge in [-0.05, 0) is 71.4 Å². The van der Waals surface area contributed by atoms with E-state index in [4.69, 9.17) is 9.72 Å². The Kier molecular flexibility index (Phi) is 5.34. The highest BCUT2D eigenvalue weighted by atomic mass is 79.9. The summed E-state index contributed by atoms with van der Waals surface area (Å²) < 4.78 is 6.67. The van der Waals surface area contributed by atoms with Crippen molar-refractivity contribution in [3.63, 3.8) is 0 Å². The van der Waals surface area contributed by atoms with Crippen LogP contribution in [0.4, 0.5) is 0 Å². The number of H-pyrrole nitrogens is 1. The summed E-state index contributed by atoms with van der Waals surface area (Å²) in [6.07, 6.45) is 4.31. The highest BCUT2D eigenvalue weighted by Crippen LogP contribution is 2.35. The minimum Gasteiger partial charge on any atom is -0.488 e. The number of hydrogen-bond acceptors (Lipinski definition) is 5. The fourth-order valence-electron chi connectivity index (χ4n) is 3.98. The Labute approximate surface area is 191 Å². The highest BCUT2D eigenvalue weighted by molar-refractivity contribution is 9.10. The molecule has 5 nitrogen and oxygen atoms in total. The van der Waals surface area contributed by atoms with E-state index in [0.29, 0.717) is 23.7 Å². The van der Waals surface area contributed by atoms with Gasteiger partial charge < -0.3 is 9.72 Å². The predicted molar refractivity (Wildman–Crippen MR) is 126 cm³/mol. The molecule has 1 aliphatic rings. The first-order valence-corrected chi connectivity index (χ1v) is 11.7. The van der Waals surface area contributed by atoms with E-state index < -0.39 is 0 Å². The van der Waals surface area contributed by atoms with E-state index in [0.717, 1.165) is 45.1 Å². The van der Waals surface area contributed by atoms with Crippen LogP contribution in [0.25, 0.3) is 21.6 Å². The third-order valence-electron chi connectivity index (χ3n) is 5.55. The maximum atomic E-state index is 12.8. The summed E-state index contributed by atoms with van der Waals surface area (Å²) in [4.78, 5) is 22.7. The van der Waals surface area contributed by atoms with Crippen molar-refractivity contribution in [1.29, 1.82) is 5.26 Å². The largest absolute Gasteiger partial charge is 0.488 e. The summed E-state index contributed by atoms with van der Waals surface area (Å²) in [6.45, 7) is 0.295. The molecule has 0 spiro atoms. The van der Waals surface area contributed by atoms with Crippen molar-refractivity contribution in [2.75, 3.05) is 0 Å². The average Bonchev–Trinajstić information content (AvgIpc) is 3.17. The molecular formula is C24H18BrN3O2S. The van der Waals surface area contributed by atoms with Gasteiger partial charge in [0, 0.05) is 16.0 Å². The van der Waals surface area contributed by atoms with Crippen LogP contribution in [0.15, 0.2) is 51.7 Å². The molecule has 4 aromatic rings. The van der Waals surface area contributed by atoms with Crippen LogP contribution in [0.2, 0.25) is 0 Å². The molecule has 0 bridgehead atoms. The zero-order chi connectivity index (χ0) is 21.4. The van der Waals surface area contributed by atoms with E-state index in [1.807, 2.05) is 36.4 Å². The normalized spacial score (nSPS) is 13.0. The number of halogens is 1. The topological polar surface area (TPSA) is 78.8 Å². The number of aromatic nitrogens is 2. The summed E-state index contributed by atoms with van der Waals surface area (Å²) in [5.41, 5.74) is 3.36. The second-order valence-corrected chi connectivity index (χ2v) is 9.45. The van der Waals surface area contributed by atoms with Crippen molar-refractivity contribution in [3.05, 3.63) is 78.9 Å². The zero-order valence-corrected chi connectivity index (χ0v) is 19.0. The molecule has 154 valence electrons. The maximum Gasteiger partial charge on any atom is 0.260 e. The van der Waals surface area contributed by atoms with Crippen LogP contribution in [0.5, 0.6) is 5.75 Å². The van der Waals surface area contributed by atoms with E-state index in [2.05, 4.69) is 27.0 Å². The van der Waals surface area contributed by atoms with Gasteiger partial charge in [0.25, 0.3) is 5.56 Å². The van der Waals surface area contributed by atoms with Gasteiger partial charge in [0.05, 0.1) is 21.5 Å². The van der Waals surface area contributed by atoms with Crippen molar-refractivity contribution in [3.8, 4) is 23.2 Å². The summed E-state index contributed by atoms with van der Waals surface area (Å²) in [6, 6.07) is 15.2. The molecule has 2 aromatic heterocycles. The molecule has 2 aromatic carbocycles. The van der Waals surface area contributed by atoms with Gasteiger partial charge in [-0.15, -0.1) is 11.3 Å². The number of aryl methyl sites for hydroxylation is 2. The fraction of sp³-hybridized carbons (Fsp3) is 0.208. The minimum atomic E-state index is -0.0658. The number of benzene rings is 2. The molecule has 0 saturated heterocycles. The number of aromatic amines is 1. The number of hydrogen-bond donors (Lipinski definition) is 1. The highest BCUT2D eigenvalue weighted by Gasteiger charge is 2.20. The molecule has 0 amide bonds. The Morgan fingerprint density at radius 1 is 1.19 bits per heavy atom. The van der Waals surface area contributed by atoms with Crippen LogP contribution in [0.3, 0.4) is 0 Å². The van der Waals surface area contributed by atoms with E-state index in [-0.39, 0.29) is 5.56 Å². The smallest absolute Gasteiger partial charge is 0.260 e. The van der Waals surface area contributed by atoms with Crippen LogP contribution in [-0.4, -0.2) is 9.97 Å². The number of rotatable bonds is 4. The number of fused-ring (bicyclic) bond motifs is 3. The Balaban J connectivity index is 1.44. The SMILES string of the molecule is N#Cc1ccccc1COc1ccc(-c2nc3sc4c(c3c(=O)[nH]2)CCCC4)cc1Br. The van der Waals surface area contributed by atoms with E-state index in [1.54, 1.807) is 17.4 Å². The Morgan fingerprint density at radius 3 is 2.87 bits per heavy atom. The molecule has 31 heavy (non-hydrogen) atoms. The van der Waals surface area contributed by atoms with Gasteiger partial charge in [0.15, 0.2) is 0 Å². The third-order valence-corrected chi connectivity index (χ3v) is 7.36. The molecule has 0 saturated carbocycles. The van der Waals surface area contributed by atoms with Gasteiger partial charge in [0.1, 0.15) is 23.0 Å².